The molecule has 0 spiro atoms. The topological polar surface area (TPSA) is 180 Å². The summed E-state index contributed by atoms with van der Waals surface area (Å²) in [6, 6.07) is 2.97. The number of aliphatic hydroxyl groups excluding tert-OH is 1. The van der Waals surface area contributed by atoms with Crippen LogP contribution in [0.25, 0.3) is 0 Å². The number of nitrogens with two attached hydrogens (primary N) is 1. The molecule has 7 N–H and O–H groups in total. The summed E-state index contributed by atoms with van der Waals surface area (Å²) < 4.78 is 39.2. The Hall–Kier alpha value is -3.33. The number of hydrogen-bond acceptors (Lipinski definition) is 6. The Kier molecular flexibility index (Phi) is 13.2. The van der Waals surface area contributed by atoms with Gasteiger partial charge < -0.3 is 32.1 Å². The lowest BCUT2D eigenvalue weighted by Gasteiger charge is -2.28. The lowest BCUT2D eigenvalue weighted by Crippen LogP contribution is -2.59. The molecule has 5 unspecified atom stereocenters. The van der Waals surface area contributed by atoms with E-state index >= 15 is 0 Å². The van der Waals surface area contributed by atoms with E-state index in [1.54, 1.807) is 44.2 Å². The van der Waals surface area contributed by atoms with Gasteiger partial charge in [-0.05, 0) is 24.8 Å². The molecule has 1 aromatic carbocycles. The molecule has 5 atom stereocenters. The molecule has 0 bridgehead atoms. The fourth-order valence-electron chi connectivity index (χ4n) is 3.51. The first kappa shape index (κ1) is 33.7. The SMILES string of the molecule is CC(NC(=O)C(Cc1ccccc1)NC(=O)C(NC(=O)S)C(C)C)C(=O)NC(CCC(N)=O)C(O)C(F)(F)F. The van der Waals surface area contributed by atoms with Crippen LogP contribution in [0.2, 0.25) is 0 Å². The standard InChI is InChI=1S/C24H34F3N5O6S/c1-12(2)18(32-23(38)39)22(37)31-16(11-14-7-5-4-6-8-14)21(36)29-13(3)20(35)30-15(9-10-17(28)33)19(34)24(25,26)27/h4-8,12-13,15-16,18-19,34H,9-11H2,1-3H3,(H2,28,33)(H,29,36)(H,30,35)(H,31,37)(H2,32,38,39). The number of benzene rings is 1. The third-order valence-electron chi connectivity index (χ3n) is 5.64. The number of hydrogen-bond donors (Lipinski definition) is 7. The van der Waals surface area contributed by atoms with Crippen molar-refractivity contribution >= 4 is 41.5 Å². The largest absolute Gasteiger partial charge is 0.416 e. The predicted molar refractivity (Wildman–Crippen MR) is 138 cm³/mol. The van der Waals surface area contributed by atoms with Crippen molar-refractivity contribution in [1.82, 2.24) is 21.3 Å². The van der Waals surface area contributed by atoms with E-state index < -0.39 is 78.2 Å². The molecule has 0 aliphatic heterocycles. The van der Waals surface area contributed by atoms with E-state index in [1.807, 2.05) is 5.32 Å². The van der Waals surface area contributed by atoms with Gasteiger partial charge in [-0.25, -0.2) is 0 Å². The number of aliphatic hydroxyl groups is 1. The van der Waals surface area contributed by atoms with Gasteiger partial charge in [-0.1, -0.05) is 56.8 Å². The van der Waals surface area contributed by atoms with Crippen LogP contribution in [0.5, 0.6) is 0 Å². The van der Waals surface area contributed by atoms with Gasteiger partial charge in [-0.2, -0.15) is 13.2 Å². The summed E-state index contributed by atoms with van der Waals surface area (Å²) in [7, 11) is 0. The molecule has 5 amide bonds. The summed E-state index contributed by atoms with van der Waals surface area (Å²) in [5.41, 5.74) is 5.62. The molecule has 15 heteroatoms. The lowest BCUT2D eigenvalue weighted by atomic mass is 10.0. The zero-order chi connectivity index (χ0) is 29.9. The van der Waals surface area contributed by atoms with Crippen molar-refractivity contribution in [3.63, 3.8) is 0 Å². The second-order valence-corrected chi connectivity index (χ2v) is 9.67. The van der Waals surface area contributed by atoms with Gasteiger partial charge in [-0.15, -0.1) is 0 Å². The smallest absolute Gasteiger partial charge is 0.382 e. The number of thiol groups is 1. The molecular formula is C24H34F3N5O6S. The Morgan fingerprint density at radius 1 is 0.923 bits per heavy atom. The van der Waals surface area contributed by atoms with Crippen LogP contribution in [0.1, 0.15) is 39.2 Å². The minimum absolute atomic E-state index is 0.0135. The molecule has 39 heavy (non-hydrogen) atoms. The molecule has 0 fully saturated rings. The third-order valence-corrected chi connectivity index (χ3v) is 5.77. The molecule has 0 aromatic heterocycles. The molecule has 0 saturated carbocycles. The highest BCUT2D eigenvalue weighted by Gasteiger charge is 2.44. The van der Waals surface area contributed by atoms with E-state index in [9.17, 15) is 42.3 Å². The summed E-state index contributed by atoms with van der Waals surface area (Å²) in [5, 5.41) is 18.1. The van der Waals surface area contributed by atoms with E-state index in [4.69, 9.17) is 5.73 Å². The fourth-order valence-corrected chi connectivity index (χ4v) is 3.65. The Morgan fingerprint density at radius 2 is 1.51 bits per heavy atom. The number of amides is 5. The van der Waals surface area contributed by atoms with Gasteiger partial charge in [0.1, 0.15) is 18.1 Å². The molecule has 0 aliphatic carbocycles. The van der Waals surface area contributed by atoms with Gasteiger partial charge in [0.2, 0.25) is 23.6 Å². The van der Waals surface area contributed by atoms with E-state index in [2.05, 4.69) is 28.6 Å². The van der Waals surface area contributed by atoms with Crippen molar-refractivity contribution < 1.29 is 42.3 Å². The van der Waals surface area contributed by atoms with E-state index in [1.165, 1.54) is 6.92 Å². The summed E-state index contributed by atoms with van der Waals surface area (Å²) >= 11 is 3.62. The molecule has 1 aromatic rings. The number of nitrogens with one attached hydrogen (secondary N) is 4. The zero-order valence-corrected chi connectivity index (χ0v) is 22.5. The van der Waals surface area contributed by atoms with Crippen LogP contribution in [0.15, 0.2) is 30.3 Å². The zero-order valence-electron chi connectivity index (χ0n) is 21.6. The van der Waals surface area contributed by atoms with Crippen molar-refractivity contribution in [3.8, 4) is 0 Å². The van der Waals surface area contributed by atoms with Crippen molar-refractivity contribution in [3.05, 3.63) is 35.9 Å². The monoisotopic (exact) mass is 577 g/mol. The fraction of sp³-hybridized carbons (Fsp3) is 0.542. The van der Waals surface area contributed by atoms with Crippen molar-refractivity contribution in [2.75, 3.05) is 0 Å². The molecule has 0 saturated heterocycles. The van der Waals surface area contributed by atoms with Gasteiger partial charge >= 0.3 is 6.18 Å². The maximum atomic E-state index is 13.1. The minimum atomic E-state index is -5.09. The molecule has 1 rings (SSSR count). The molecule has 11 nitrogen and oxygen atoms in total. The number of carbonyl (C=O) groups excluding carboxylic acids is 5. The maximum Gasteiger partial charge on any atom is 0.416 e. The lowest BCUT2D eigenvalue weighted by molar-refractivity contribution is -0.212. The number of carbonyl (C=O) groups is 5. The van der Waals surface area contributed by atoms with Crippen molar-refractivity contribution in [2.24, 2.45) is 11.7 Å². The maximum absolute atomic E-state index is 13.1. The van der Waals surface area contributed by atoms with Crippen LogP contribution < -0.4 is 27.0 Å². The summed E-state index contributed by atoms with van der Waals surface area (Å²) in [6.45, 7) is 4.52. The first-order valence-electron chi connectivity index (χ1n) is 12.0. The first-order chi connectivity index (χ1) is 18.0. The Labute approximate surface area is 229 Å². The van der Waals surface area contributed by atoms with Gasteiger partial charge in [0.15, 0.2) is 6.10 Å². The Bertz CT molecular complexity index is 1010. The second-order valence-electron chi connectivity index (χ2n) is 9.26. The number of alkyl halides is 3. The number of halogens is 3. The van der Waals surface area contributed by atoms with Crippen molar-refractivity contribution in [2.45, 2.75) is 76.5 Å². The quantitative estimate of drug-likeness (QED) is 0.159. The van der Waals surface area contributed by atoms with E-state index in [0.717, 1.165) is 0 Å². The van der Waals surface area contributed by atoms with E-state index in [0.29, 0.717) is 5.56 Å². The number of primary amides is 1. The van der Waals surface area contributed by atoms with Crippen LogP contribution >= 0.6 is 12.6 Å². The number of rotatable bonds is 14. The second kappa shape index (κ2) is 15.3. The van der Waals surface area contributed by atoms with Gasteiger partial charge in [0.05, 0.1) is 6.04 Å². The average molecular weight is 578 g/mol. The molecular weight excluding hydrogens is 543 g/mol. The van der Waals surface area contributed by atoms with Gasteiger partial charge in [0.25, 0.3) is 5.24 Å². The predicted octanol–water partition coefficient (Wildman–Crippen LogP) is 0.556. The normalized spacial score (nSPS) is 15.3. The average Bonchev–Trinajstić information content (AvgIpc) is 2.83. The molecule has 0 radical (unpaired) electrons. The highest BCUT2D eigenvalue weighted by molar-refractivity contribution is 7.96. The summed E-state index contributed by atoms with van der Waals surface area (Å²) in [6.07, 6.45) is -9.22. The Morgan fingerprint density at radius 3 is 2.00 bits per heavy atom. The summed E-state index contributed by atoms with van der Waals surface area (Å²) in [5.74, 6) is -3.91. The van der Waals surface area contributed by atoms with Crippen LogP contribution in [0.3, 0.4) is 0 Å². The first-order valence-corrected chi connectivity index (χ1v) is 12.4. The molecule has 218 valence electrons. The third kappa shape index (κ3) is 11.9. The molecule has 0 heterocycles. The van der Waals surface area contributed by atoms with Gasteiger partial charge in [-0.3, -0.25) is 24.0 Å². The highest BCUT2D eigenvalue weighted by Crippen LogP contribution is 2.24. The Balaban J connectivity index is 3.06. The minimum Gasteiger partial charge on any atom is -0.382 e. The summed E-state index contributed by atoms with van der Waals surface area (Å²) in [4.78, 5) is 61.1. The van der Waals surface area contributed by atoms with Crippen LogP contribution in [-0.2, 0) is 25.6 Å². The van der Waals surface area contributed by atoms with Gasteiger partial charge in [0, 0.05) is 12.8 Å². The van der Waals surface area contributed by atoms with Crippen LogP contribution in [-0.4, -0.2) is 70.4 Å². The van der Waals surface area contributed by atoms with Crippen LogP contribution in [0.4, 0.5) is 18.0 Å². The highest BCUT2D eigenvalue weighted by atomic mass is 32.1. The van der Waals surface area contributed by atoms with E-state index in [-0.39, 0.29) is 12.3 Å². The molecule has 0 aliphatic rings. The van der Waals surface area contributed by atoms with Crippen LogP contribution in [0, 0.1) is 5.92 Å². The van der Waals surface area contributed by atoms with Crippen molar-refractivity contribution in [1.29, 1.82) is 0 Å².